The van der Waals surface area contributed by atoms with Crippen LogP contribution in [0.5, 0.6) is 0 Å². The largest absolute Gasteiger partial charge is 0.394 e. The minimum atomic E-state index is -0.919. The quantitative estimate of drug-likeness (QED) is 0.716. The summed E-state index contributed by atoms with van der Waals surface area (Å²) in [5.74, 6) is 0. The number of aliphatic hydroxyl groups excluding tert-OH is 2. The lowest BCUT2D eigenvalue weighted by Crippen LogP contribution is -2.29. The van der Waals surface area contributed by atoms with Crippen molar-refractivity contribution in [1.29, 1.82) is 0 Å². The van der Waals surface area contributed by atoms with E-state index in [1.165, 1.54) is 17.1 Å². The zero-order valence-electron chi connectivity index (χ0n) is 6.72. The first-order valence-corrected chi connectivity index (χ1v) is 4.72. The van der Waals surface area contributed by atoms with Gasteiger partial charge >= 0.3 is 0 Å². The highest BCUT2D eigenvalue weighted by atomic mass is 127. The standard InChI is InChI=1S/C7H9IN2O3/c8-6-1-9-4-10(7(6)13)2-5(12)3-11/h1,4-5,11-12H,2-3H2. The Bertz CT molecular complexity index is 339. The van der Waals surface area contributed by atoms with Crippen LogP contribution in [0.4, 0.5) is 0 Å². The third kappa shape index (κ3) is 2.75. The maximum absolute atomic E-state index is 11.3. The summed E-state index contributed by atoms with van der Waals surface area (Å²) in [4.78, 5) is 15.1. The molecule has 0 spiro atoms. The zero-order chi connectivity index (χ0) is 9.84. The van der Waals surface area contributed by atoms with Crippen molar-refractivity contribution in [3.63, 3.8) is 0 Å². The van der Waals surface area contributed by atoms with Crippen molar-refractivity contribution in [2.75, 3.05) is 6.61 Å². The van der Waals surface area contributed by atoms with Crippen molar-refractivity contribution in [3.8, 4) is 0 Å². The van der Waals surface area contributed by atoms with Gasteiger partial charge < -0.3 is 10.2 Å². The van der Waals surface area contributed by atoms with Crippen molar-refractivity contribution in [2.24, 2.45) is 0 Å². The summed E-state index contributed by atoms with van der Waals surface area (Å²) in [5.41, 5.74) is -0.205. The van der Waals surface area contributed by atoms with Gasteiger partial charge in [0, 0.05) is 6.20 Å². The fourth-order valence-corrected chi connectivity index (χ4v) is 1.31. The smallest absolute Gasteiger partial charge is 0.266 e. The Kier molecular flexibility index (Phi) is 3.82. The van der Waals surface area contributed by atoms with Crippen molar-refractivity contribution in [2.45, 2.75) is 12.6 Å². The molecule has 0 aliphatic rings. The minimum Gasteiger partial charge on any atom is -0.394 e. The van der Waals surface area contributed by atoms with Crippen LogP contribution in [0.1, 0.15) is 0 Å². The second kappa shape index (κ2) is 4.68. The number of hydrogen-bond donors (Lipinski definition) is 2. The maximum Gasteiger partial charge on any atom is 0.266 e. The molecule has 13 heavy (non-hydrogen) atoms. The molecule has 0 amide bonds. The molecule has 0 bridgehead atoms. The molecule has 6 heteroatoms. The molecule has 1 unspecified atom stereocenters. The fourth-order valence-electron chi connectivity index (χ4n) is 0.839. The predicted octanol–water partition coefficient (Wildman–Crippen LogP) is -0.799. The molecule has 1 rings (SSSR count). The van der Waals surface area contributed by atoms with Crippen molar-refractivity contribution in [3.05, 3.63) is 26.4 Å². The van der Waals surface area contributed by atoms with Gasteiger partial charge in [0.15, 0.2) is 0 Å². The summed E-state index contributed by atoms with van der Waals surface area (Å²) in [6.07, 6.45) is 1.87. The number of nitrogens with zero attached hydrogens (tertiary/aromatic N) is 2. The van der Waals surface area contributed by atoms with Crippen LogP contribution in [-0.2, 0) is 6.54 Å². The molecule has 1 heterocycles. The maximum atomic E-state index is 11.3. The topological polar surface area (TPSA) is 75.4 Å². The normalized spacial score (nSPS) is 12.8. The van der Waals surface area contributed by atoms with E-state index in [0.717, 1.165) is 0 Å². The molecule has 0 saturated carbocycles. The van der Waals surface area contributed by atoms with Gasteiger partial charge in [0.25, 0.3) is 5.56 Å². The molecule has 2 N–H and O–H groups in total. The SMILES string of the molecule is O=c1c(I)cncn1CC(O)CO. The van der Waals surface area contributed by atoms with E-state index < -0.39 is 6.10 Å². The van der Waals surface area contributed by atoms with Gasteiger partial charge in [-0.15, -0.1) is 0 Å². The van der Waals surface area contributed by atoms with Crippen LogP contribution in [0.2, 0.25) is 0 Å². The molecule has 0 aliphatic heterocycles. The average Bonchev–Trinajstić information content (AvgIpc) is 2.13. The van der Waals surface area contributed by atoms with Crippen molar-refractivity contribution >= 4 is 22.6 Å². The lowest BCUT2D eigenvalue weighted by molar-refractivity contribution is 0.0800. The third-order valence-corrected chi connectivity index (χ3v) is 2.22. The number of rotatable bonds is 3. The first-order chi connectivity index (χ1) is 6.15. The molecule has 0 aliphatic carbocycles. The molecule has 0 fully saturated rings. The van der Waals surface area contributed by atoms with Crippen LogP contribution < -0.4 is 5.56 Å². The van der Waals surface area contributed by atoms with E-state index in [4.69, 9.17) is 10.2 Å². The molecule has 1 aromatic rings. The lowest BCUT2D eigenvalue weighted by atomic mass is 10.4. The number of hydrogen-bond acceptors (Lipinski definition) is 4. The van der Waals surface area contributed by atoms with E-state index in [-0.39, 0.29) is 18.7 Å². The van der Waals surface area contributed by atoms with E-state index in [0.29, 0.717) is 3.57 Å². The fraction of sp³-hybridized carbons (Fsp3) is 0.429. The summed E-state index contributed by atoms with van der Waals surface area (Å²) >= 11 is 1.87. The monoisotopic (exact) mass is 296 g/mol. The van der Waals surface area contributed by atoms with Gasteiger partial charge in [0.2, 0.25) is 0 Å². The Morgan fingerprint density at radius 2 is 2.38 bits per heavy atom. The molecular formula is C7H9IN2O3. The van der Waals surface area contributed by atoms with Crippen molar-refractivity contribution in [1.82, 2.24) is 9.55 Å². The van der Waals surface area contributed by atoms with Gasteiger partial charge in [-0.25, -0.2) is 4.98 Å². The number of aromatic nitrogens is 2. The van der Waals surface area contributed by atoms with Gasteiger partial charge in [0.1, 0.15) is 0 Å². The number of aliphatic hydroxyl groups is 2. The summed E-state index contributed by atoms with van der Waals surface area (Å²) < 4.78 is 1.76. The molecule has 0 radical (unpaired) electrons. The van der Waals surface area contributed by atoms with Gasteiger partial charge in [-0.1, -0.05) is 0 Å². The van der Waals surface area contributed by atoms with Gasteiger partial charge in [-0.3, -0.25) is 9.36 Å². The van der Waals surface area contributed by atoms with Crippen LogP contribution >= 0.6 is 22.6 Å². The van der Waals surface area contributed by atoms with E-state index in [9.17, 15) is 4.79 Å². The average molecular weight is 296 g/mol. The summed E-state index contributed by atoms with van der Waals surface area (Å²) in [7, 11) is 0. The predicted molar refractivity (Wildman–Crippen MR) is 54.3 cm³/mol. The Balaban J connectivity index is 2.89. The Morgan fingerprint density at radius 1 is 1.69 bits per heavy atom. The summed E-state index contributed by atoms with van der Waals surface area (Å²) in [6.45, 7) is -0.295. The van der Waals surface area contributed by atoms with E-state index in [1.54, 1.807) is 0 Å². The summed E-state index contributed by atoms with van der Waals surface area (Å²) in [5, 5.41) is 17.7. The Hall–Kier alpha value is -0.470. The van der Waals surface area contributed by atoms with Crippen LogP contribution in [-0.4, -0.2) is 32.5 Å². The minimum absolute atomic E-state index is 0.0686. The molecule has 0 saturated heterocycles. The molecule has 1 atom stereocenters. The molecule has 5 nitrogen and oxygen atoms in total. The highest BCUT2D eigenvalue weighted by Gasteiger charge is 2.06. The highest BCUT2D eigenvalue weighted by molar-refractivity contribution is 14.1. The molecule has 72 valence electrons. The second-order valence-electron chi connectivity index (χ2n) is 2.54. The molecular weight excluding hydrogens is 287 g/mol. The van der Waals surface area contributed by atoms with E-state index in [2.05, 4.69) is 4.98 Å². The van der Waals surface area contributed by atoms with Gasteiger partial charge in [-0.2, -0.15) is 0 Å². The van der Waals surface area contributed by atoms with Crippen LogP contribution in [0.15, 0.2) is 17.3 Å². The molecule has 1 aromatic heterocycles. The number of halogens is 1. The zero-order valence-corrected chi connectivity index (χ0v) is 8.88. The first kappa shape index (κ1) is 10.6. The van der Waals surface area contributed by atoms with Crippen LogP contribution in [0.25, 0.3) is 0 Å². The Labute approximate surface area is 88.2 Å². The van der Waals surface area contributed by atoms with Gasteiger partial charge in [-0.05, 0) is 22.6 Å². The lowest BCUT2D eigenvalue weighted by Gasteiger charge is -2.08. The first-order valence-electron chi connectivity index (χ1n) is 3.64. The van der Waals surface area contributed by atoms with E-state index >= 15 is 0 Å². The van der Waals surface area contributed by atoms with Crippen molar-refractivity contribution < 1.29 is 10.2 Å². The Morgan fingerprint density at radius 3 is 3.00 bits per heavy atom. The van der Waals surface area contributed by atoms with E-state index in [1.807, 2.05) is 22.6 Å². The third-order valence-electron chi connectivity index (χ3n) is 1.48. The van der Waals surface area contributed by atoms with Crippen LogP contribution in [0.3, 0.4) is 0 Å². The summed E-state index contributed by atoms with van der Waals surface area (Å²) in [6, 6.07) is 0. The second-order valence-corrected chi connectivity index (χ2v) is 3.70. The van der Waals surface area contributed by atoms with Crippen LogP contribution in [0, 0.1) is 3.57 Å². The highest BCUT2D eigenvalue weighted by Crippen LogP contribution is 1.94. The molecule has 0 aromatic carbocycles. The van der Waals surface area contributed by atoms with Gasteiger partial charge in [0.05, 0.1) is 29.2 Å².